The van der Waals surface area contributed by atoms with E-state index in [2.05, 4.69) is 21.9 Å². The van der Waals surface area contributed by atoms with Crippen molar-refractivity contribution in [2.45, 2.75) is 40.2 Å². The molecule has 2 N–H and O–H groups in total. The summed E-state index contributed by atoms with van der Waals surface area (Å²) >= 11 is 6.07. The van der Waals surface area contributed by atoms with Gasteiger partial charge in [0.15, 0.2) is 11.5 Å². The molecule has 0 bridgehead atoms. The molecule has 3 aromatic rings. The Balaban J connectivity index is 1.49. The number of hydrogen-bond donors (Lipinski definition) is 2. The Morgan fingerprint density at radius 2 is 1.75 bits per heavy atom. The lowest BCUT2D eigenvalue weighted by Crippen LogP contribution is -2.20. The molecular formula is C28H30ClN3O4. The smallest absolute Gasteiger partial charge is 0.240 e. The van der Waals surface area contributed by atoms with Gasteiger partial charge in [-0.3, -0.25) is 9.59 Å². The summed E-state index contributed by atoms with van der Waals surface area (Å²) in [7, 11) is 0. The molecule has 7 nitrogen and oxygen atoms in total. The fraction of sp³-hybridized carbons (Fsp3) is 0.250. The molecule has 0 saturated carbocycles. The highest BCUT2D eigenvalue weighted by Gasteiger charge is 2.09. The molecule has 2 amide bonds. The van der Waals surface area contributed by atoms with E-state index in [1.54, 1.807) is 18.2 Å². The number of carbonyl (C=O) groups excluding carboxylic acids is 2. The highest BCUT2D eigenvalue weighted by Crippen LogP contribution is 2.29. The number of amides is 2. The Labute approximate surface area is 216 Å². The van der Waals surface area contributed by atoms with Gasteiger partial charge in [-0.15, -0.1) is 0 Å². The summed E-state index contributed by atoms with van der Waals surface area (Å²) in [4.78, 5) is 24.2. The monoisotopic (exact) mass is 507 g/mol. The lowest BCUT2D eigenvalue weighted by molar-refractivity contribution is -0.124. The zero-order chi connectivity index (χ0) is 25.9. The van der Waals surface area contributed by atoms with Crippen LogP contribution >= 0.6 is 11.6 Å². The van der Waals surface area contributed by atoms with Crippen LogP contribution in [-0.4, -0.2) is 24.6 Å². The molecule has 0 fully saturated rings. The minimum atomic E-state index is -0.369. The maximum atomic E-state index is 12.1. The average molecular weight is 508 g/mol. The third-order valence-corrected chi connectivity index (χ3v) is 5.59. The maximum absolute atomic E-state index is 12.1. The Hall–Kier alpha value is -3.84. The average Bonchev–Trinajstić information content (AvgIpc) is 2.85. The third-order valence-electron chi connectivity index (χ3n) is 5.18. The Morgan fingerprint density at radius 3 is 2.50 bits per heavy atom. The van der Waals surface area contributed by atoms with Crippen molar-refractivity contribution in [2.75, 3.05) is 11.9 Å². The number of ether oxygens (including phenoxy) is 2. The van der Waals surface area contributed by atoms with Gasteiger partial charge in [0, 0.05) is 23.6 Å². The van der Waals surface area contributed by atoms with Crippen molar-refractivity contribution in [2.24, 2.45) is 5.10 Å². The number of hydrazone groups is 1. The van der Waals surface area contributed by atoms with Gasteiger partial charge in [-0.2, -0.15) is 5.10 Å². The van der Waals surface area contributed by atoms with Crippen molar-refractivity contribution in [3.8, 4) is 11.5 Å². The van der Waals surface area contributed by atoms with Gasteiger partial charge >= 0.3 is 0 Å². The van der Waals surface area contributed by atoms with Gasteiger partial charge in [-0.05, 0) is 67.8 Å². The predicted molar refractivity (Wildman–Crippen MR) is 143 cm³/mol. The molecule has 8 heteroatoms. The maximum Gasteiger partial charge on any atom is 0.240 e. The Morgan fingerprint density at radius 1 is 0.944 bits per heavy atom. The second-order valence-electron chi connectivity index (χ2n) is 8.22. The molecule has 3 aromatic carbocycles. The number of anilines is 1. The van der Waals surface area contributed by atoms with E-state index in [0.29, 0.717) is 35.4 Å². The molecule has 0 aromatic heterocycles. The van der Waals surface area contributed by atoms with Crippen molar-refractivity contribution in [1.82, 2.24) is 5.43 Å². The number of benzene rings is 3. The van der Waals surface area contributed by atoms with Crippen molar-refractivity contribution in [3.63, 3.8) is 0 Å². The number of nitrogens with zero attached hydrogens (tertiary/aromatic N) is 1. The van der Waals surface area contributed by atoms with E-state index < -0.39 is 0 Å². The molecular weight excluding hydrogens is 478 g/mol. The number of rotatable bonds is 11. The molecule has 0 spiro atoms. The van der Waals surface area contributed by atoms with E-state index in [1.165, 1.54) is 11.8 Å². The van der Waals surface area contributed by atoms with Crippen molar-refractivity contribution >= 4 is 35.3 Å². The first-order valence-corrected chi connectivity index (χ1v) is 12.0. The van der Waals surface area contributed by atoms with Crippen LogP contribution in [0.1, 0.15) is 42.0 Å². The first-order valence-electron chi connectivity index (χ1n) is 11.7. The van der Waals surface area contributed by atoms with E-state index in [9.17, 15) is 9.59 Å². The summed E-state index contributed by atoms with van der Waals surface area (Å²) in [6, 6.07) is 18.8. The van der Waals surface area contributed by atoms with Gasteiger partial charge in [0.1, 0.15) is 6.61 Å². The van der Waals surface area contributed by atoms with Gasteiger partial charge in [0.2, 0.25) is 11.8 Å². The summed E-state index contributed by atoms with van der Waals surface area (Å²) < 4.78 is 11.7. The molecule has 0 saturated heterocycles. The van der Waals surface area contributed by atoms with E-state index in [0.717, 1.165) is 16.7 Å². The fourth-order valence-corrected chi connectivity index (χ4v) is 3.49. The molecule has 0 aliphatic heterocycles. The normalized spacial score (nSPS) is 10.8. The molecule has 0 aliphatic carbocycles. The zero-order valence-corrected chi connectivity index (χ0v) is 21.4. The van der Waals surface area contributed by atoms with E-state index in [-0.39, 0.29) is 24.7 Å². The molecule has 0 radical (unpaired) electrons. The van der Waals surface area contributed by atoms with Crippen molar-refractivity contribution < 1.29 is 19.1 Å². The summed E-state index contributed by atoms with van der Waals surface area (Å²) in [6.07, 6.45) is 1.53. The fourth-order valence-electron chi connectivity index (χ4n) is 3.31. The van der Waals surface area contributed by atoms with Gasteiger partial charge in [-0.1, -0.05) is 47.5 Å². The Bertz CT molecular complexity index is 1240. The predicted octanol–water partition coefficient (Wildman–Crippen LogP) is 5.80. The van der Waals surface area contributed by atoms with Crippen LogP contribution in [0.3, 0.4) is 0 Å². The molecule has 0 heterocycles. The van der Waals surface area contributed by atoms with Crippen LogP contribution in [0.2, 0.25) is 5.02 Å². The molecule has 3 rings (SSSR count). The van der Waals surface area contributed by atoms with E-state index in [4.69, 9.17) is 21.1 Å². The van der Waals surface area contributed by atoms with Crippen LogP contribution in [0.4, 0.5) is 5.69 Å². The van der Waals surface area contributed by atoms with Gasteiger partial charge in [0.25, 0.3) is 0 Å². The van der Waals surface area contributed by atoms with Crippen LogP contribution in [0, 0.1) is 13.8 Å². The van der Waals surface area contributed by atoms with E-state index >= 15 is 0 Å². The second-order valence-corrected chi connectivity index (χ2v) is 8.63. The third kappa shape index (κ3) is 8.43. The van der Waals surface area contributed by atoms with Crippen LogP contribution < -0.4 is 20.2 Å². The molecule has 0 atom stereocenters. The van der Waals surface area contributed by atoms with Gasteiger partial charge in [0.05, 0.1) is 12.8 Å². The lowest BCUT2D eigenvalue weighted by atomic mass is 10.1. The largest absolute Gasteiger partial charge is 0.490 e. The molecule has 0 aliphatic rings. The molecule has 188 valence electrons. The summed E-state index contributed by atoms with van der Waals surface area (Å²) in [5.41, 5.74) is 6.93. The quantitative estimate of drug-likeness (QED) is 0.253. The van der Waals surface area contributed by atoms with Crippen LogP contribution in [-0.2, 0) is 16.2 Å². The number of carbonyl (C=O) groups is 2. The van der Waals surface area contributed by atoms with E-state index in [1.807, 2.05) is 57.2 Å². The summed E-state index contributed by atoms with van der Waals surface area (Å²) in [6.45, 7) is 6.73. The van der Waals surface area contributed by atoms with Crippen molar-refractivity contribution in [1.29, 1.82) is 0 Å². The Kier molecular flexibility index (Phi) is 9.89. The van der Waals surface area contributed by atoms with Gasteiger partial charge < -0.3 is 14.8 Å². The first-order chi connectivity index (χ1) is 17.3. The first kappa shape index (κ1) is 26.8. The second kappa shape index (κ2) is 13.3. The standard InChI is InChI=1S/C28H30ClN3O4/c1-4-35-26-15-21(9-11-25(26)36-18-22-7-5-6-19(2)14-22)17-30-32-28(34)13-12-27(33)31-23-10-8-20(3)24(29)16-23/h5-11,14-17H,4,12-13,18H2,1-3H3,(H,31,33)(H,32,34). The molecule has 0 unspecified atom stereocenters. The van der Waals surface area contributed by atoms with Crippen LogP contribution in [0.25, 0.3) is 0 Å². The number of halogens is 1. The number of nitrogens with one attached hydrogen (secondary N) is 2. The van der Waals surface area contributed by atoms with Crippen molar-refractivity contribution in [3.05, 3.63) is 87.9 Å². The van der Waals surface area contributed by atoms with Gasteiger partial charge in [-0.25, -0.2) is 5.43 Å². The minimum Gasteiger partial charge on any atom is -0.490 e. The summed E-state index contributed by atoms with van der Waals surface area (Å²) in [5, 5.41) is 7.28. The topological polar surface area (TPSA) is 89.0 Å². The number of hydrogen-bond acceptors (Lipinski definition) is 5. The lowest BCUT2D eigenvalue weighted by Gasteiger charge is -2.13. The summed E-state index contributed by atoms with van der Waals surface area (Å²) in [5.74, 6) is 0.567. The highest BCUT2D eigenvalue weighted by molar-refractivity contribution is 6.31. The van der Waals surface area contributed by atoms with Crippen LogP contribution in [0.5, 0.6) is 11.5 Å². The van der Waals surface area contributed by atoms with Crippen LogP contribution in [0.15, 0.2) is 65.8 Å². The zero-order valence-electron chi connectivity index (χ0n) is 20.6. The minimum absolute atomic E-state index is 0.00129. The SMILES string of the molecule is CCOc1cc(C=NNC(=O)CCC(=O)Nc2ccc(C)c(Cl)c2)ccc1OCc1cccc(C)c1. The highest BCUT2D eigenvalue weighted by atomic mass is 35.5. The molecule has 36 heavy (non-hydrogen) atoms. The number of aryl methyl sites for hydroxylation is 2.